The molecule has 0 bridgehead atoms. The zero-order valence-electron chi connectivity index (χ0n) is 10.3. The van der Waals surface area contributed by atoms with E-state index in [0.717, 1.165) is 0 Å². The lowest BCUT2D eigenvalue weighted by atomic mass is 9.88. The zero-order chi connectivity index (χ0) is 10.9. The van der Waals surface area contributed by atoms with E-state index >= 15 is 0 Å². The van der Waals surface area contributed by atoms with E-state index in [4.69, 9.17) is 0 Å². The summed E-state index contributed by atoms with van der Waals surface area (Å²) >= 11 is 0. The van der Waals surface area contributed by atoms with Crippen molar-refractivity contribution in [3.05, 3.63) is 0 Å². The Morgan fingerprint density at radius 2 is 1.53 bits per heavy atom. The summed E-state index contributed by atoms with van der Waals surface area (Å²) in [5, 5.41) is 10.8. The molecular weight excluding hydrogens is 184 g/mol. The molecule has 1 N–H and O–H groups in total. The largest absolute Gasteiger partial charge is 0.389 e. The van der Waals surface area contributed by atoms with Crippen molar-refractivity contribution in [3.8, 4) is 0 Å². The van der Waals surface area contributed by atoms with Crippen molar-refractivity contribution in [1.82, 2.24) is 0 Å². The van der Waals surface area contributed by atoms with Gasteiger partial charge in [-0.15, -0.1) is 0 Å². The minimum atomic E-state index is -0.234. The molecule has 2 aliphatic carbocycles. The van der Waals surface area contributed by atoms with Crippen LogP contribution in [0, 0.1) is 17.8 Å². The van der Waals surface area contributed by atoms with Crippen LogP contribution in [0.1, 0.15) is 65.2 Å². The third-order valence-corrected chi connectivity index (χ3v) is 4.77. The first-order valence-electron chi connectivity index (χ1n) is 6.97. The van der Waals surface area contributed by atoms with Gasteiger partial charge in [0.15, 0.2) is 0 Å². The van der Waals surface area contributed by atoms with Crippen molar-refractivity contribution < 1.29 is 5.11 Å². The standard InChI is InChI=1S/C14H26O/c1-3-7-11(8-4-2)14(15)12-9-5-6-10-13(12)14/h11-13,15H,3-10H2,1-2H3. The summed E-state index contributed by atoms with van der Waals surface area (Å²) in [5.41, 5.74) is -0.234. The van der Waals surface area contributed by atoms with Gasteiger partial charge in [0.25, 0.3) is 0 Å². The van der Waals surface area contributed by atoms with Gasteiger partial charge in [0.1, 0.15) is 0 Å². The van der Waals surface area contributed by atoms with Crippen LogP contribution >= 0.6 is 0 Å². The van der Waals surface area contributed by atoms with E-state index in [-0.39, 0.29) is 5.60 Å². The minimum absolute atomic E-state index is 0.234. The fraction of sp³-hybridized carbons (Fsp3) is 1.00. The summed E-state index contributed by atoms with van der Waals surface area (Å²) in [7, 11) is 0. The van der Waals surface area contributed by atoms with Crippen molar-refractivity contribution in [3.63, 3.8) is 0 Å². The van der Waals surface area contributed by atoms with Gasteiger partial charge in [-0.25, -0.2) is 0 Å². The molecule has 0 spiro atoms. The molecule has 2 rings (SSSR count). The molecule has 0 saturated heterocycles. The van der Waals surface area contributed by atoms with Crippen LogP contribution in [0.3, 0.4) is 0 Å². The van der Waals surface area contributed by atoms with E-state index in [1.54, 1.807) is 0 Å². The Morgan fingerprint density at radius 3 is 1.93 bits per heavy atom. The SMILES string of the molecule is CCCC(CCC)C1(O)C2CCCCC21. The van der Waals surface area contributed by atoms with Gasteiger partial charge in [-0.3, -0.25) is 0 Å². The van der Waals surface area contributed by atoms with E-state index in [1.165, 1.54) is 51.4 Å². The number of rotatable bonds is 5. The summed E-state index contributed by atoms with van der Waals surface area (Å²) in [4.78, 5) is 0. The topological polar surface area (TPSA) is 20.2 Å². The van der Waals surface area contributed by atoms with Gasteiger partial charge in [0.2, 0.25) is 0 Å². The fourth-order valence-electron chi connectivity index (χ4n) is 4.05. The molecular formula is C14H26O. The first-order chi connectivity index (χ1) is 7.25. The maximum Gasteiger partial charge on any atom is 0.0739 e. The predicted octanol–water partition coefficient (Wildman–Crippen LogP) is 3.75. The number of hydrogen-bond donors (Lipinski definition) is 1. The Morgan fingerprint density at radius 1 is 1.07 bits per heavy atom. The number of aliphatic hydroxyl groups is 1. The van der Waals surface area contributed by atoms with E-state index in [1.807, 2.05) is 0 Å². The summed E-state index contributed by atoms with van der Waals surface area (Å²) in [5.74, 6) is 1.95. The lowest BCUT2D eigenvalue weighted by Gasteiger charge is -2.23. The number of hydrogen-bond acceptors (Lipinski definition) is 1. The Hall–Kier alpha value is -0.0400. The monoisotopic (exact) mass is 210 g/mol. The summed E-state index contributed by atoms with van der Waals surface area (Å²) in [6.07, 6.45) is 10.2. The van der Waals surface area contributed by atoms with Crippen LogP contribution in [0.5, 0.6) is 0 Å². The van der Waals surface area contributed by atoms with Crippen molar-refractivity contribution in [2.45, 2.75) is 70.8 Å². The highest BCUT2D eigenvalue weighted by Gasteiger charge is 2.66. The lowest BCUT2D eigenvalue weighted by Crippen LogP contribution is -2.26. The second-order valence-corrected chi connectivity index (χ2v) is 5.66. The van der Waals surface area contributed by atoms with Gasteiger partial charge in [0.05, 0.1) is 5.60 Å². The molecule has 0 radical (unpaired) electrons. The van der Waals surface area contributed by atoms with Crippen LogP contribution in [0.25, 0.3) is 0 Å². The van der Waals surface area contributed by atoms with Crippen LogP contribution in [-0.4, -0.2) is 10.7 Å². The third-order valence-electron chi connectivity index (χ3n) is 4.77. The van der Waals surface area contributed by atoms with Crippen molar-refractivity contribution in [2.24, 2.45) is 17.8 Å². The molecule has 88 valence electrons. The van der Waals surface area contributed by atoms with Crippen molar-refractivity contribution >= 4 is 0 Å². The summed E-state index contributed by atoms with van der Waals surface area (Å²) < 4.78 is 0. The average Bonchev–Trinajstić information content (AvgIpc) is 2.87. The van der Waals surface area contributed by atoms with Gasteiger partial charge >= 0.3 is 0 Å². The van der Waals surface area contributed by atoms with Gasteiger partial charge in [-0.1, -0.05) is 39.5 Å². The highest BCUT2D eigenvalue weighted by Crippen LogP contribution is 2.63. The van der Waals surface area contributed by atoms with Crippen LogP contribution in [0.4, 0.5) is 0 Å². The maximum absolute atomic E-state index is 10.8. The van der Waals surface area contributed by atoms with Crippen LogP contribution in [-0.2, 0) is 0 Å². The molecule has 1 heteroatoms. The fourth-order valence-corrected chi connectivity index (χ4v) is 4.05. The van der Waals surface area contributed by atoms with Gasteiger partial charge in [-0.05, 0) is 43.4 Å². The quantitative estimate of drug-likeness (QED) is 0.732. The minimum Gasteiger partial charge on any atom is -0.389 e. The third kappa shape index (κ3) is 1.84. The van der Waals surface area contributed by atoms with Gasteiger partial charge in [0, 0.05) is 0 Å². The van der Waals surface area contributed by atoms with Crippen LogP contribution < -0.4 is 0 Å². The molecule has 2 atom stereocenters. The molecule has 0 aromatic rings. The Kier molecular flexibility index (Phi) is 3.39. The molecule has 2 aliphatic rings. The molecule has 0 heterocycles. The van der Waals surface area contributed by atoms with Crippen molar-refractivity contribution in [2.75, 3.05) is 0 Å². The molecule has 2 fully saturated rings. The highest BCUT2D eigenvalue weighted by atomic mass is 16.3. The Labute approximate surface area is 94.3 Å². The molecule has 0 aliphatic heterocycles. The predicted molar refractivity (Wildman–Crippen MR) is 63.7 cm³/mol. The molecule has 1 nitrogen and oxygen atoms in total. The molecule has 0 aromatic heterocycles. The molecule has 2 saturated carbocycles. The van der Waals surface area contributed by atoms with Gasteiger partial charge in [-0.2, -0.15) is 0 Å². The summed E-state index contributed by atoms with van der Waals surface area (Å²) in [6.45, 7) is 4.50. The van der Waals surface area contributed by atoms with E-state index in [9.17, 15) is 5.11 Å². The Balaban J connectivity index is 2.00. The maximum atomic E-state index is 10.8. The average molecular weight is 210 g/mol. The smallest absolute Gasteiger partial charge is 0.0739 e. The molecule has 15 heavy (non-hydrogen) atoms. The highest BCUT2D eigenvalue weighted by molar-refractivity contribution is 5.15. The first-order valence-corrected chi connectivity index (χ1v) is 6.97. The van der Waals surface area contributed by atoms with Crippen LogP contribution in [0.2, 0.25) is 0 Å². The molecule has 2 unspecified atom stereocenters. The number of fused-ring (bicyclic) bond motifs is 1. The van der Waals surface area contributed by atoms with E-state index < -0.39 is 0 Å². The molecule has 0 aromatic carbocycles. The Bertz CT molecular complexity index is 193. The van der Waals surface area contributed by atoms with E-state index in [2.05, 4.69) is 13.8 Å². The van der Waals surface area contributed by atoms with E-state index in [0.29, 0.717) is 17.8 Å². The summed E-state index contributed by atoms with van der Waals surface area (Å²) in [6, 6.07) is 0. The van der Waals surface area contributed by atoms with Crippen LogP contribution in [0.15, 0.2) is 0 Å². The second kappa shape index (κ2) is 4.45. The zero-order valence-corrected chi connectivity index (χ0v) is 10.3. The van der Waals surface area contributed by atoms with Crippen molar-refractivity contribution in [1.29, 1.82) is 0 Å². The van der Waals surface area contributed by atoms with Gasteiger partial charge < -0.3 is 5.11 Å². The normalized spacial score (nSPS) is 39.2. The second-order valence-electron chi connectivity index (χ2n) is 5.66. The first kappa shape index (κ1) is 11.4. The lowest BCUT2D eigenvalue weighted by molar-refractivity contribution is 0.0435. The molecule has 0 amide bonds.